The molecule has 0 atom stereocenters. The number of nitrogens with one attached hydrogen (secondary N) is 2. The number of carbonyl (C=O) groups excluding carboxylic acids is 1. The van der Waals surface area contributed by atoms with Crippen LogP contribution in [0.4, 0.5) is 10.5 Å². The van der Waals surface area contributed by atoms with Gasteiger partial charge in [0.1, 0.15) is 11.5 Å². The van der Waals surface area contributed by atoms with E-state index < -0.39 is 0 Å². The smallest absolute Gasteiger partial charge is 0.319 e. The van der Waals surface area contributed by atoms with Crippen molar-refractivity contribution in [1.82, 2.24) is 5.32 Å². The quantitative estimate of drug-likeness (QED) is 0.883. The highest BCUT2D eigenvalue weighted by molar-refractivity contribution is 6.30. The molecule has 0 fully saturated rings. The molecule has 0 saturated heterocycles. The number of benzene rings is 2. The Morgan fingerprint density at radius 2 is 1.95 bits per heavy atom. The zero-order valence-corrected chi connectivity index (χ0v) is 13.1. The minimum absolute atomic E-state index is 0.319. The third kappa shape index (κ3) is 4.30. The highest BCUT2D eigenvalue weighted by atomic mass is 35.5. The van der Waals surface area contributed by atoms with Crippen molar-refractivity contribution >= 4 is 23.3 Å². The van der Waals surface area contributed by atoms with Gasteiger partial charge in [0.25, 0.3) is 0 Å². The number of anilines is 1. The van der Waals surface area contributed by atoms with Gasteiger partial charge in [0.15, 0.2) is 0 Å². The van der Waals surface area contributed by atoms with Crippen molar-refractivity contribution in [3.8, 4) is 11.5 Å². The lowest BCUT2D eigenvalue weighted by Crippen LogP contribution is -2.28. The number of halogens is 1. The summed E-state index contributed by atoms with van der Waals surface area (Å²) in [6.07, 6.45) is 0. The Morgan fingerprint density at radius 3 is 2.64 bits per heavy atom. The Bertz CT molecular complexity index is 662. The normalized spacial score (nSPS) is 9.95. The van der Waals surface area contributed by atoms with Crippen LogP contribution in [0.1, 0.15) is 5.56 Å². The van der Waals surface area contributed by atoms with E-state index in [1.165, 1.54) is 0 Å². The summed E-state index contributed by atoms with van der Waals surface area (Å²) in [4.78, 5) is 11.9. The van der Waals surface area contributed by atoms with Crippen molar-refractivity contribution in [2.45, 2.75) is 6.54 Å². The first kappa shape index (κ1) is 16.0. The zero-order chi connectivity index (χ0) is 15.9. The molecular weight excluding hydrogens is 304 g/mol. The summed E-state index contributed by atoms with van der Waals surface area (Å²) in [5.41, 5.74) is 1.48. The fourth-order valence-corrected chi connectivity index (χ4v) is 2.11. The maximum Gasteiger partial charge on any atom is 0.319 e. The molecule has 2 N–H and O–H groups in total. The highest BCUT2D eigenvalue weighted by Gasteiger charge is 2.07. The topological polar surface area (TPSA) is 59.6 Å². The second-order valence-electron chi connectivity index (χ2n) is 4.50. The molecule has 0 aliphatic rings. The lowest BCUT2D eigenvalue weighted by molar-refractivity contribution is 0.251. The number of rotatable bonds is 5. The molecule has 2 aromatic carbocycles. The number of amides is 2. The molecular formula is C16H17ClN2O3. The van der Waals surface area contributed by atoms with E-state index in [2.05, 4.69) is 10.6 Å². The van der Waals surface area contributed by atoms with Gasteiger partial charge in [-0.25, -0.2) is 4.79 Å². The maximum atomic E-state index is 11.9. The van der Waals surface area contributed by atoms with Crippen LogP contribution in [0.15, 0.2) is 42.5 Å². The van der Waals surface area contributed by atoms with Crippen molar-refractivity contribution in [1.29, 1.82) is 0 Å². The van der Waals surface area contributed by atoms with Crippen molar-refractivity contribution in [2.75, 3.05) is 19.5 Å². The van der Waals surface area contributed by atoms with Crippen LogP contribution in [0.25, 0.3) is 0 Å². The zero-order valence-electron chi connectivity index (χ0n) is 12.4. The van der Waals surface area contributed by atoms with E-state index in [1.54, 1.807) is 44.6 Å². The average molecular weight is 321 g/mol. The van der Waals surface area contributed by atoms with E-state index in [0.717, 1.165) is 5.56 Å². The second kappa shape index (κ2) is 7.56. The van der Waals surface area contributed by atoms with Gasteiger partial charge >= 0.3 is 6.03 Å². The number of methoxy groups -OCH3 is 2. The first-order valence-corrected chi connectivity index (χ1v) is 7.01. The van der Waals surface area contributed by atoms with Gasteiger partial charge < -0.3 is 20.1 Å². The van der Waals surface area contributed by atoms with Crippen molar-refractivity contribution in [3.05, 3.63) is 53.1 Å². The van der Waals surface area contributed by atoms with Crippen LogP contribution in [0, 0.1) is 0 Å². The summed E-state index contributed by atoms with van der Waals surface area (Å²) in [5, 5.41) is 6.04. The maximum absolute atomic E-state index is 11.9. The minimum atomic E-state index is -0.319. The fraction of sp³-hybridized carbons (Fsp3) is 0.188. The monoisotopic (exact) mass is 320 g/mol. The van der Waals surface area contributed by atoms with Gasteiger partial charge in [0, 0.05) is 28.9 Å². The van der Waals surface area contributed by atoms with E-state index in [4.69, 9.17) is 21.1 Å². The van der Waals surface area contributed by atoms with Crippen LogP contribution in [0.2, 0.25) is 5.02 Å². The largest absolute Gasteiger partial charge is 0.497 e. The Kier molecular flexibility index (Phi) is 5.49. The predicted octanol–water partition coefficient (Wildman–Crippen LogP) is 3.68. The van der Waals surface area contributed by atoms with Gasteiger partial charge in [-0.05, 0) is 30.3 Å². The summed E-state index contributed by atoms with van der Waals surface area (Å²) in [6, 6.07) is 12.1. The van der Waals surface area contributed by atoms with Gasteiger partial charge in [0.05, 0.1) is 14.2 Å². The summed E-state index contributed by atoms with van der Waals surface area (Å²) >= 11 is 5.87. The summed E-state index contributed by atoms with van der Waals surface area (Å²) in [6.45, 7) is 0.333. The highest BCUT2D eigenvalue weighted by Crippen LogP contribution is 2.24. The Balaban J connectivity index is 1.96. The van der Waals surface area contributed by atoms with E-state index in [1.807, 2.05) is 12.1 Å². The molecule has 0 aliphatic heterocycles. The summed E-state index contributed by atoms with van der Waals surface area (Å²) in [5.74, 6) is 1.35. The molecule has 2 aromatic rings. The third-order valence-electron chi connectivity index (χ3n) is 3.02. The summed E-state index contributed by atoms with van der Waals surface area (Å²) < 4.78 is 10.4. The Hall–Kier alpha value is -2.40. The van der Waals surface area contributed by atoms with Crippen LogP contribution in [0.5, 0.6) is 11.5 Å². The van der Waals surface area contributed by atoms with Gasteiger partial charge in [-0.15, -0.1) is 0 Å². The van der Waals surface area contributed by atoms with Crippen LogP contribution < -0.4 is 20.1 Å². The van der Waals surface area contributed by atoms with Crippen LogP contribution in [-0.4, -0.2) is 20.3 Å². The first-order valence-electron chi connectivity index (χ1n) is 6.63. The molecule has 0 aromatic heterocycles. The molecule has 0 saturated carbocycles. The molecule has 0 bridgehead atoms. The average Bonchev–Trinajstić information content (AvgIpc) is 2.52. The van der Waals surface area contributed by atoms with Gasteiger partial charge in [-0.2, -0.15) is 0 Å². The van der Waals surface area contributed by atoms with Crippen LogP contribution in [0.3, 0.4) is 0 Å². The van der Waals surface area contributed by atoms with E-state index in [-0.39, 0.29) is 6.03 Å². The minimum Gasteiger partial charge on any atom is -0.497 e. The Morgan fingerprint density at radius 1 is 1.14 bits per heavy atom. The number of hydrogen-bond donors (Lipinski definition) is 2. The lowest BCUT2D eigenvalue weighted by atomic mass is 10.2. The molecule has 0 heterocycles. The van der Waals surface area contributed by atoms with Gasteiger partial charge in [-0.1, -0.05) is 17.7 Å². The predicted molar refractivity (Wildman–Crippen MR) is 86.9 cm³/mol. The van der Waals surface area contributed by atoms with Crippen molar-refractivity contribution < 1.29 is 14.3 Å². The molecule has 6 heteroatoms. The number of urea groups is 1. The molecule has 2 amide bonds. The van der Waals surface area contributed by atoms with E-state index in [9.17, 15) is 4.79 Å². The van der Waals surface area contributed by atoms with Gasteiger partial charge in [-0.3, -0.25) is 0 Å². The molecule has 0 radical (unpaired) electrons. The molecule has 5 nitrogen and oxygen atoms in total. The second-order valence-corrected chi connectivity index (χ2v) is 4.93. The standard InChI is InChI=1S/C16H17ClN2O3/c1-21-14-7-6-11(15(9-14)22-2)10-18-16(20)19-13-5-3-4-12(17)8-13/h3-9H,10H2,1-2H3,(H2,18,19,20). The number of hydrogen-bond acceptors (Lipinski definition) is 3. The molecule has 0 unspecified atom stereocenters. The molecule has 22 heavy (non-hydrogen) atoms. The van der Waals surface area contributed by atoms with Crippen molar-refractivity contribution in [2.24, 2.45) is 0 Å². The summed E-state index contributed by atoms with van der Waals surface area (Å²) in [7, 11) is 3.16. The SMILES string of the molecule is COc1ccc(CNC(=O)Nc2cccc(Cl)c2)c(OC)c1. The third-order valence-corrected chi connectivity index (χ3v) is 3.25. The van der Waals surface area contributed by atoms with Crippen molar-refractivity contribution in [3.63, 3.8) is 0 Å². The Labute approximate surface area is 134 Å². The fourth-order valence-electron chi connectivity index (χ4n) is 1.91. The number of carbonyl (C=O) groups is 1. The molecule has 116 valence electrons. The molecule has 2 rings (SSSR count). The molecule has 0 aliphatic carbocycles. The number of ether oxygens (including phenoxy) is 2. The van der Waals surface area contributed by atoms with Crippen LogP contribution in [-0.2, 0) is 6.54 Å². The van der Waals surface area contributed by atoms with Crippen LogP contribution >= 0.6 is 11.6 Å². The molecule has 0 spiro atoms. The van der Waals surface area contributed by atoms with E-state index >= 15 is 0 Å². The first-order chi connectivity index (χ1) is 10.6. The van der Waals surface area contributed by atoms with E-state index in [0.29, 0.717) is 28.8 Å². The van der Waals surface area contributed by atoms with Gasteiger partial charge in [0.2, 0.25) is 0 Å². The lowest BCUT2D eigenvalue weighted by Gasteiger charge is -2.12.